The van der Waals surface area contributed by atoms with Crippen molar-refractivity contribution >= 4 is 66.9 Å². The summed E-state index contributed by atoms with van der Waals surface area (Å²) in [6, 6.07) is 31.1. The van der Waals surface area contributed by atoms with Gasteiger partial charge in [0.25, 0.3) is 0 Å². The van der Waals surface area contributed by atoms with Gasteiger partial charge in [0, 0.05) is 68.7 Å². The second kappa shape index (κ2) is 23.3. The number of nitrogens with one attached hydrogen (secondary N) is 2. The SMILES string of the molecule is C=CB1OB(C=C)OB(C=C)O1.C=COc1ccc2c(-c3ccc(NC(=O)OC(C)(C)C)cc3C)c3ccc(=O)cc-3oc2c1.Cc1cc(NC(=O)OC(C)(C)C)ccc1-c1c2ccc(=O)cc-2oc2cc(O)ccc12. The Balaban J connectivity index is 0.000000182. The van der Waals surface area contributed by atoms with Crippen molar-refractivity contribution in [3.8, 4) is 56.4 Å². The van der Waals surface area contributed by atoms with Crippen LogP contribution in [-0.2, 0) is 23.2 Å². The highest BCUT2D eigenvalue weighted by molar-refractivity contribution is 6.78. The third-order valence-corrected chi connectivity index (χ3v) is 11.2. The largest absolute Gasteiger partial charge is 0.508 e. The Morgan fingerprint density at radius 1 is 0.539 bits per heavy atom. The molecule has 0 unspecified atom stereocenters. The third-order valence-electron chi connectivity index (χ3n) is 11.2. The molecular formula is C58H57B3N2O13. The monoisotopic (exact) mass is 1020 g/mol. The normalized spacial score (nSPS) is 12.4. The molecule has 18 heteroatoms. The standard InChI is InChI=1S/C27H25NO5.C25H23NO5.C6H9B3O3/c1-6-31-19-9-12-22-24(15-19)32-23-14-18(29)8-11-21(23)25(22)20-10-7-17(13-16(20)2)28-26(30)33-27(3,4)5;1-14-11-15(26-24(29)31-25(2,3)4)5-8-18(14)23-19-9-6-16(27)12-21(19)30-22-13-17(28)7-10-20(22)23;1-4-7-10-8(5-2)12-9(6-3)11-7/h6-15H,1H2,2-5H3,(H,28,30);5-13,27H,1-4H3,(H,26,29);4-6H,1-3H2. The van der Waals surface area contributed by atoms with E-state index in [9.17, 15) is 24.3 Å². The van der Waals surface area contributed by atoms with E-state index in [2.05, 4.69) is 36.9 Å². The molecule has 0 atom stereocenters. The summed E-state index contributed by atoms with van der Waals surface area (Å²) < 4.78 is 43.6. The molecule has 0 bridgehead atoms. The lowest BCUT2D eigenvalue weighted by atomic mass is 9.70. The van der Waals surface area contributed by atoms with Gasteiger partial charge in [-0.15, -0.1) is 19.7 Å². The Kier molecular flexibility index (Phi) is 16.9. The maximum Gasteiger partial charge on any atom is 0.458 e. The zero-order valence-electron chi connectivity index (χ0n) is 43.6. The van der Waals surface area contributed by atoms with Crippen LogP contribution in [-0.4, -0.2) is 49.9 Å². The van der Waals surface area contributed by atoms with Crippen molar-refractivity contribution < 1.29 is 51.5 Å². The van der Waals surface area contributed by atoms with Crippen LogP contribution in [0.3, 0.4) is 0 Å². The topological polar surface area (TPSA) is 194 Å². The summed E-state index contributed by atoms with van der Waals surface area (Å²) in [5, 5.41) is 17.1. The molecule has 0 aromatic heterocycles. The molecule has 386 valence electrons. The zero-order valence-corrected chi connectivity index (χ0v) is 43.6. The van der Waals surface area contributed by atoms with Crippen molar-refractivity contribution in [2.45, 2.75) is 66.6 Å². The molecule has 15 nitrogen and oxygen atoms in total. The van der Waals surface area contributed by atoms with Crippen molar-refractivity contribution in [1.29, 1.82) is 0 Å². The van der Waals surface area contributed by atoms with Crippen molar-refractivity contribution in [3.05, 3.63) is 191 Å². The predicted octanol–water partition coefficient (Wildman–Crippen LogP) is 13.4. The number of amides is 2. The molecule has 9 rings (SSSR count). The van der Waals surface area contributed by atoms with Crippen molar-refractivity contribution in [2.24, 2.45) is 0 Å². The van der Waals surface area contributed by atoms with Crippen LogP contribution in [0.5, 0.6) is 11.5 Å². The van der Waals surface area contributed by atoms with Crippen molar-refractivity contribution in [1.82, 2.24) is 0 Å². The van der Waals surface area contributed by atoms with Gasteiger partial charge in [-0.1, -0.05) is 36.6 Å². The summed E-state index contributed by atoms with van der Waals surface area (Å²) in [5.74, 6) is 6.24. The van der Waals surface area contributed by atoms with E-state index >= 15 is 0 Å². The van der Waals surface area contributed by atoms with Crippen LogP contribution in [0.1, 0.15) is 52.7 Å². The molecule has 1 saturated heterocycles. The Hall–Kier alpha value is -8.57. The molecule has 5 aliphatic rings. The Labute approximate surface area is 441 Å². The summed E-state index contributed by atoms with van der Waals surface area (Å²) in [4.78, 5) is 48.2. The molecule has 76 heavy (non-hydrogen) atoms. The second-order valence-corrected chi connectivity index (χ2v) is 19.4. The molecule has 0 saturated carbocycles. The average Bonchev–Trinajstić information content (AvgIpc) is 3.38. The minimum absolute atomic E-state index is 0.0773. The lowest BCUT2D eigenvalue weighted by Gasteiger charge is -2.26. The molecule has 2 aliphatic carbocycles. The van der Waals surface area contributed by atoms with Gasteiger partial charge in [0.2, 0.25) is 0 Å². The van der Waals surface area contributed by atoms with Crippen LogP contribution < -0.4 is 26.2 Å². The van der Waals surface area contributed by atoms with Crippen LogP contribution in [0.4, 0.5) is 21.0 Å². The highest BCUT2D eigenvalue weighted by Gasteiger charge is 2.35. The number of fused-ring (bicyclic) bond motifs is 4. The molecule has 3 heterocycles. The van der Waals surface area contributed by atoms with Crippen molar-refractivity contribution in [2.75, 3.05) is 10.6 Å². The van der Waals surface area contributed by atoms with Gasteiger partial charge in [-0.3, -0.25) is 20.2 Å². The maximum atomic E-state index is 12.2. The van der Waals surface area contributed by atoms with Crippen LogP contribution in [0.25, 0.3) is 66.8 Å². The molecular weight excluding hydrogens is 965 g/mol. The first-order valence-corrected chi connectivity index (χ1v) is 24.1. The lowest BCUT2D eigenvalue weighted by molar-refractivity contribution is 0.0624. The summed E-state index contributed by atoms with van der Waals surface area (Å²) >= 11 is 0. The van der Waals surface area contributed by atoms with E-state index in [1.807, 2.05) is 97.9 Å². The van der Waals surface area contributed by atoms with E-state index in [0.717, 1.165) is 55.3 Å². The highest BCUT2D eigenvalue weighted by atomic mass is 16.7. The van der Waals surface area contributed by atoms with E-state index in [1.165, 1.54) is 36.6 Å². The summed E-state index contributed by atoms with van der Waals surface area (Å²) in [6.45, 7) is 29.0. The van der Waals surface area contributed by atoms with Gasteiger partial charge in [-0.2, -0.15) is 0 Å². The summed E-state index contributed by atoms with van der Waals surface area (Å²) in [6.07, 6.45) is 0.314. The number of phenols is 1. The number of carbonyl (C=O) groups excluding carboxylic acids is 2. The fourth-order valence-electron chi connectivity index (χ4n) is 8.17. The fourth-order valence-corrected chi connectivity index (χ4v) is 8.17. The summed E-state index contributed by atoms with van der Waals surface area (Å²) in [5.41, 5.74) is 7.98. The van der Waals surface area contributed by atoms with E-state index in [1.54, 1.807) is 54.3 Å². The number of hydrogen-bond donors (Lipinski definition) is 3. The fraction of sp³-hybridized carbons (Fsp3) is 0.172. The number of anilines is 2. The first-order chi connectivity index (χ1) is 36.0. The number of aromatic hydroxyl groups is 1. The van der Waals surface area contributed by atoms with Gasteiger partial charge in [-0.25, -0.2) is 9.59 Å². The summed E-state index contributed by atoms with van der Waals surface area (Å²) in [7, 11) is -1.36. The molecule has 1 fully saturated rings. The van der Waals surface area contributed by atoms with Crippen LogP contribution in [0.2, 0.25) is 0 Å². The van der Waals surface area contributed by atoms with Crippen LogP contribution in [0, 0.1) is 13.8 Å². The smallest absolute Gasteiger partial charge is 0.458 e. The number of rotatable bonds is 9. The molecule has 0 radical (unpaired) electrons. The number of carbonyl (C=O) groups is 2. The molecule has 0 spiro atoms. The molecule has 3 aliphatic heterocycles. The van der Waals surface area contributed by atoms with Crippen LogP contribution >= 0.6 is 0 Å². The van der Waals surface area contributed by atoms with Gasteiger partial charge < -0.3 is 41.9 Å². The Bertz CT molecular complexity index is 3520. The second-order valence-electron chi connectivity index (χ2n) is 19.4. The molecule has 4 aromatic carbocycles. The van der Waals surface area contributed by atoms with Gasteiger partial charge >= 0.3 is 33.5 Å². The number of hydrogen-bond acceptors (Lipinski definition) is 13. The number of aryl methyl sites for hydroxylation is 2. The maximum absolute atomic E-state index is 12.2. The minimum Gasteiger partial charge on any atom is -0.508 e. The zero-order chi connectivity index (χ0) is 55.1. The average molecular weight is 1020 g/mol. The van der Waals surface area contributed by atoms with E-state index < -0.39 is 44.7 Å². The van der Waals surface area contributed by atoms with Crippen molar-refractivity contribution in [3.63, 3.8) is 0 Å². The third kappa shape index (κ3) is 13.8. The van der Waals surface area contributed by atoms with E-state index in [-0.39, 0.29) is 16.6 Å². The predicted molar refractivity (Wildman–Crippen MR) is 302 cm³/mol. The molecule has 4 aromatic rings. The van der Waals surface area contributed by atoms with Gasteiger partial charge in [0.05, 0.1) is 6.26 Å². The van der Waals surface area contributed by atoms with E-state index in [4.69, 9.17) is 36.8 Å². The molecule has 3 N–H and O–H groups in total. The Morgan fingerprint density at radius 3 is 1.34 bits per heavy atom. The Morgan fingerprint density at radius 2 is 0.947 bits per heavy atom. The number of benzene rings is 6. The molecule has 2 amide bonds. The van der Waals surface area contributed by atoms with Gasteiger partial charge in [0.15, 0.2) is 10.9 Å². The van der Waals surface area contributed by atoms with Crippen LogP contribution in [0.15, 0.2) is 178 Å². The number of phenolic OH excluding ortho intramolecular Hbond substituents is 1. The van der Waals surface area contributed by atoms with Gasteiger partial charge in [0.1, 0.15) is 45.4 Å². The van der Waals surface area contributed by atoms with E-state index in [0.29, 0.717) is 39.8 Å². The first kappa shape index (κ1) is 55.2. The minimum atomic E-state index is -0.587. The lowest BCUT2D eigenvalue weighted by Crippen LogP contribution is -2.46. The number of ether oxygens (including phenoxy) is 3. The highest BCUT2D eigenvalue weighted by Crippen LogP contribution is 2.44. The first-order valence-electron chi connectivity index (χ1n) is 24.1. The van der Waals surface area contributed by atoms with Gasteiger partial charge in [-0.05, 0) is 150 Å². The quantitative estimate of drug-likeness (QED) is 0.0703.